The van der Waals surface area contributed by atoms with E-state index in [9.17, 15) is 0 Å². The molecule has 2 N–H and O–H groups in total. The number of fused-ring (bicyclic) bond motifs is 1. The fourth-order valence-corrected chi connectivity index (χ4v) is 2.99. The lowest BCUT2D eigenvalue weighted by molar-refractivity contribution is 0.100. The Morgan fingerprint density at radius 3 is 2.64 bits per heavy atom. The van der Waals surface area contributed by atoms with Gasteiger partial charge in [-0.25, -0.2) is 9.97 Å². The van der Waals surface area contributed by atoms with E-state index in [2.05, 4.69) is 21.2 Å². The summed E-state index contributed by atoms with van der Waals surface area (Å²) in [5, 5.41) is 12.7. The number of anilines is 2. The average Bonchev–Trinajstić information content (AvgIpc) is 2.84. The molecule has 0 aliphatic heterocycles. The van der Waals surface area contributed by atoms with Crippen molar-refractivity contribution in [1.82, 2.24) is 9.97 Å². The molecule has 0 aliphatic carbocycles. The molecule has 3 rings (SSSR count). The van der Waals surface area contributed by atoms with Gasteiger partial charge in [0.05, 0.1) is 31.6 Å². The minimum Gasteiger partial charge on any atom is -0.516 e. The molecule has 33 heavy (non-hydrogen) atoms. The van der Waals surface area contributed by atoms with Crippen LogP contribution in [0.3, 0.4) is 0 Å². The highest BCUT2D eigenvalue weighted by atomic mass is 16.5. The van der Waals surface area contributed by atoms with Gasteiger partial charge in [0.1, 0.15) is 25.4 Å². The monoisotopic (exact) mass is 449 g/mol. The van der Waals surface area contributed by atoms with Crippen molar-refractivity contribution >= 4 is 22.4 Å². The first-order chi connectivity index (χ1) is 16.2. The minimum atomic E-state index is 0.329. The number of hydrogen-bond acceptors (Lipinski definition) is 8. The molecule has 2 aromatic carbocycles. The summed E-state index contributed by atoms with van der Waals surface area (Å²) in [7, 11) is 1.62. The van der Waals surface area contributed by atoms with Crippen molar-refractivity contribution in [3.05, 3.63) is 60.6 Å². The Bertz CT molecular complexity index is 1110. The summed E-state index contributed by atoms with van der Waals surface area (Å²) < 4.78 is 22.4. The second-order valence-electron chi connectivity index (χ2n) is 6.86. The molecule has 8 nitrogen and oxygen atoms in total. The first kappa shape index (κ1) is 23.9. The summed E-state index contributed by atoms with van der Waals surface area (Å²) in [6, 6.07) is 11.2. The third-order valence-corrected chi connectivity index (χ3v) is 4.56. The van der Waals surface area contributed by atoms with Gasteiger partial charge >= 0.3 is 0 Å². The Kier molecular flexibility index (Phi) is 9.33. The predicted molar refractivity (Wildman–Crippen MR) is 127 cm³/mol. The highest BCUT2D eigenvalue weighted by Crippen LogP contribution is 2.35. The maximum Gasteiger partial charge on any atom is 0.163 e. The number of aromatic nitrogens is 2. The van der Waals surface area contributed by atoms with Crippen LogP contribution in [0.2, 0.25) is 0 Å². The maximum absolute atomic E-state index is 8.66. The van der Waals surface area contributed by atoms with Gasteiger partial charge < -0.3 is 29.4 Å². The molecule has 0 amide bonds. The number of benzene rings is 2. The van der Waals surface area contributed by atoms with E-state index in [4.69, 9.17) is 30.5 Å². The number of terminal acetylenes is 1. The van der Waals surface area contributed by atoms with E-state index in [-0.39, 0.29) is 0 Å². The summed E-state index contributed by atoms with van der Waals surface area (Å²) in [4.78, 5) is 8.78. The Labute approximate surface area is 193 Å². The zero-order valence-electron chi connectivity index (χ0n) is 18.5. The summed E-state index contributed by atoms with van der Waals surface area (Å²) in [5.41, 5.74) is 2.29. The third kappa shape index (κ3) is 7.10. The molecule has 3 aromatic rings. The second-order valence-corrected chi connectivity index (χ2v) is 6.86. The standard InChI is InChI=1S/C25H27N3O5/c1-3-19-7-6-8-20(15-19)28-25-21-16-23(33-14-12-31-10-5-4-9-29)24(32-13-11-30-2)17-22(21)26-18-27-25/h1,4,6-9,15-18,29H,5,10-14H2,2H3,(H,26,27,28). The summed E-state index contributed by atoms with van der Waals surface area (Å²) in [5.74, 6) is 4.35. The third-order valence-electron chi connectivity index (χ3n) is 4.56. The fourth-order valence-electron chi connectivity index (χ4n) is 2.99. The normalized spacial score (nSPS) is 10.9. The van der Waals surface area contributed by atoms with Gasteiger partial charge in [0.15, 0.2) is 11.5 Å². The van der Waals surface area contributed by atoms with Crippen LogP contribution < -0.4 is 14.8 Å². The molecule has 0 saturated heterocycles. The molecule has 0 aliphatic rings. The number of aliphatic hydroxyl groups excluding tert-OH is 1. The van der Waals surface area contributed by atoms with Crippen molar-refractivity contribution in [1.29, 1.82) is 0 Å². The lowest BCUT2D eigenvalue weighted by atomic mass is 10.2. The van der Waals surface area contributed by atoms with Crippen LogP contribution in [0.25, 0.3) is 10.9 Å². The Morgan fingerprint density at radius 1 is 1.03 bits per heavy atom. The van der Waals surface area contributed by atoms with E-state index in [1.807, 2.05) is 36.4 Å². The van der Waals surface area contributed by atoms with Gasteiger partial charge in [-0.3, -0.25) is 0 Å². The molecule has 1 heterocycles. The lowest BCUT2D eigenvalue weighted by Crippen LogP contribution is -2.10. The molecule has 0 fully saturated rings. The number of nitrogens with one attached hydrogen (secondary N) is 1. The molecular weight excluding hydrogens is 422 g/mol. The summed E-state index contributed by atoms with van der Waals surface area (Å²) >= 11 is 0. The van der Waals surface area contributed by atoms with Crippen LogP contribution >= 0.6 is 0 Å². The minimum absolute atomic E-state index is 0.329. The van der Waals surface area contributed by atoms with Crippen molar-refractivity contribution in [3.63, 3.8) is 0 Å². The zero-order valence-corrected chi connectivity index (χ0v) is 18.5. The van der Waals surface area contributed by atoms with E-state index in [0.29, 0.717) is 62.3 Å². The van der Waals surface area contributed by atoms with Crippen LogP contribution in [0.15, 0.2) is 55.1 Å². The molecule has 0 radical (unpaired) electrons. The largest absolute Gasteiger partial charge is 0.516 e. The zero-order chi connectivity index (χ0) is 23.3. The number of nitrogens with zero attached hydrogens (tertiary/aromatic N) is 2. The van der Waals surface area contributed by atoms with Crippen LogP contribution in [0.1, 0.15) is 12.0 Å². The van der Waals surface area contributed by atoms with Crippen molar-refractivity contribution in [2.75, 3.05) is 45.5 Å². The molecular formula is C25H27N3O5. The molecule has 0 bridgehead atoms. The highest BCUT2D eigenvalue weighted by molar-refractivity contribution is 5.93. The van der Waals surface area contributed by atoms with E-state index >= 15 is 0 Å². The van der Waals surface area contributed by atoms with Crippen LogP contribution in [-0.4, -0.2) is 55.2 Å². The summed E-state index contributed by atoms with van der Waals surface area (Å²) in [6.45, 7) is 2.03. The first-order valence-electron chi connectivity index (χ1n) is 10.5. The second kappa shape index (κ2) is 12.9. The van der Waals surface area contributed by atoms with Gasteiger partial charge in [0.25, 0.3) is 0 Å². The van der Waals surface area contributed by atoms with Gasteiger partial charge in [0, 0.05) is 29.8 Å². The van der Waals surface area contributed by atoms with E-state index in [1.165, 1.54) is 6.33 Å². The van der Waals surface area contributed by atoms with Crippen LogP contribution in [0.4, 0.5) is 11.5 Å². The number of rotatable bonds is 13. The average molecular weight is 450 g/mol. The first-order valence-corrected chi connectivity index (χ1v) is 10.5. The molecule has 1 aromatic heterocycles. The number of methoxy groups -OCH3 is 1. The molecule has 0 atom stereocenters. The smallest absolute Gasteiger partial charge is 0.163 e. The van der Waals surface area contributed by atoms with Crippen molar-refractivity contribution in [3.8, 4) is 23.8 Å². The topological polar surface area (TPSA) is 95.0 Å². The Balaban J connectivity index is 1.82. The van der Waals surface area contributed by atoms with E-state index in [1.54, 1.807) is 13.2 Å². The van der Waals surface area contributed by atoms with Gasteiger partial charge in [0.2, 0.25) is 0 Å². The molecule has 0 unspecified atom stereocenters. The maximum atomic E-state index is 8.66. The van der Waals surface area contributed by atoms with Gasteiger partial charge in [-0.1, -0.05) is 12.0 Å². The van der Waals surface area contributed by atoms with Crippen LogP contribution in [0, 0.1) is 12.3 Å². The van der Waals surface area contributed by atoms with Gasteiger partial charge in [-0.15, -0.1) is 6.42 Å². The highest BCUT2D eigenvalue weighted by Gasteiger charge is 2.13. The van der Waals surface area contributed by atoms with Crippen LogP contribution in [-0.2, 0) is 9.47 Å². The molecule has 0 spiro atoms. The van der Waals surface area contributed by atoms with Gasteiger partial charge in [-0.05, 0) is 36.8 Å². The molecule has 172 valence electrons. The predicted octanol–water partition coefficient (Wildman–Crippen LogP) is 4.24. The quantitative estimate of drug-likeness (QED) is 0.227. The van der Waals surface area contributed by atoms with Crippen molar-refractivity contribution in [2.24, 2.45) is 0 Å². The molecule has 8 heteroatoms. The van der Waals surface area contributed by atoms with E-state index in [0.717, 1.165) is 22.9 Å². The number of aliphatic hydroxyl groups is 1. The van der Waals surface area contributed by atoms with Gasteiger partial charge in [-0.2, -0.15) is 0 Å². The SMILES string of the molecule is C#Cc1cccc(Nc2ncnc3cc(OCCOC)c(OCCOCCC=CO)cc23)c1. The molecule has 0 saturated carbocycles. The Morgan fingerprint density at radius 2 is 1.85 bits per heavy atom. The number of ether oxygens (including phenoxy) is 4. The van der Waals surface area contributed by atoms with Crippen molar-refractivity contribution in [2.45, 2.75) is 6.42 Å². The lowest BCUT2D eigenvalue weighted by Gasteiger charge is -2.15. The fraction of sp³-hybridized carbons (Fsp3) is 0.280. The number of hydrogen-bond donors (Lipinski definition) is 2. The van der Waals surface area contributed by atoms with Crippen LogP contribution in [0.5, 0.6) is 11.5 Å². The summed E-state index contributed by atoms with van der Waals surface area (Å²) in [6.07, 6.45) is 10.3. The Hall–Kier alpha value is -3.80. The van der Waals surface area contributed by atoms with E-state index < -0.39 is 0 Å². The van der Waals surface area contributed by atoms with Crippen molar-refractivity contribution < 1.29 is 24.1 Å².